The molecule has 0 bridgehead atoms. The van der Waals surface area contributed by atoms with E-state index in [1.165, 1.54) is 12.1 Å². The van der Waals surface area contributed by atoms with Crippen molar-refractivity contribution in [3.8, 4) is 0 Å². The first-order chi connectivity index (χ1) is 7.04. The maximum absolute atomic E-state index is 12.8. The van der Waals surface area contributed by atoms with Gasteiger partial charge in [-0.3, -0.25) is 4.79 Å². The Hall–Kier alpha value is -0.610. The van der Waals surface area contributed by atoms with E-state index in [4.69, 9.17) is 11.6 Å². The molecule has 5 heteroatoms. The number of alkyl halides is 1. The molecule has 1 atom stereocenters. The lowest BCUT2D eigenvalue weighted by Crippen LogP contribution is -2.27. The Labute approximate surface area is 101 Å². The summed E-state index contributed by atoms with van der Waals surface area (Å²) >= 11 is 8.89. The van der Waals surface area contributed by atoms with Gasteiger partial charge in [-0.05, 0) is 24.6 Å². The first-order valence-corrected chi connectivity index (χ1v) is 5.85. The second kappa shape index (κ2) is 5.47. The zero-order chi connectivity index (χ0) is 11.4. The molecule has 1 N–H and O–H groups in total. The quantitative estimate of drug-likeness (QED) is 0.853. The van der Waals surface area contributed by atoms with Gasteiger partial charge in [0.05, 0.1) is 11.4 Å². The molecule has 2 nitrogen and oxygen atoms in total. The number of amides is 1. The van der Waals surface area contributed by atoms with Gasteiger partial charge < -0.3 is 5.32 Å². The zero-order valence-corrected chi connectivity index (χ0v) is 10.4. The summed E-state index contributed by atoms with van der Waals surface area (Å²) in [6.45, 7) is 1.79. The molecular weight excluding hydrogens is 284 g/mol. The fraction of sp³-hybridized carbons (Fsp3) is 0.300. The summed E-state index contributed by atoms with van der Waals surface area (Å²) in [7, 11) is 0. The van der Waals surface area contributed by atoms with Crippen LogP contribution in [0.3, 0.4) is 0 Å². The van der Waals surface area contributed by atoms with Gasteiger partial charge in [-0.2, -0.15) is 0 Å². The standard InChI is InChI=1S/C10H10BrClFNO/c1-6(14-10(15)5-11)8-3-2-7(13)4-9(8)12/h2-4,6H,5H2,1H3,(H,14,15). The average molecular weight is 295 g/mol. The van der Waals surface area contributed by atoms with Crippen molar-refractivity contribution in [2.24, 2.45) is 0 Å². The highest BCUT2D eigenvalue weighted by Gasteiger charge is 2.12. The van der Waals surface area contributed by atoms with Crippen molar-refractivity contribution in [1.82, 2.24) is 5.32 Å². The van der Waals surface area contributed by atoms with Crippen molar-refractivity contribution in [2.45, 2.75) is 13.0 Å². The molecule has 15 heavy (non-hydrogen) atoms. The van der Waals surface area contributed by atoms with Gasteiger partial charge in [0.1, 0.15) is 5.82 Å². The minimum atomic E-state index is -0.386. The van der Waals surface area contributed by atoms with Crippen LogP contribution in [0.25, 0.3) is 0 Å². The fourth-order valence-corrected chi connectivity index (χ4v) is 1.70. The van der Waals surface area contributed by atoms with Crippen molar-refractivity contribution in [2.75, 3.05) is 5.33 Å². The van der Waals surface area contributed by atoms with E-state index in [9.17, 15) is 9.18 Å². The molecule has 1 aromatic carbocycles. The highest BCUT2D eigenvalue weighted by molar-refractivity contribution is 9.09. The van der Waals surface area contributed by atoms with E-state index in [0.29, 0.717) is 10.6 Å². The van der Waals surface area contributed by atoms with Gasteiger partial charge in [0.25, 0.3) is 0 Å². The van der Waals surface area contributed by atoms with E-state index in [-0.39, 0.29) is 23.1 Å². The molecule has 0 aliphatic rings. The predicted octanol–water partition coefficient (Wildman–Crippen LogP) is 3.05. The van der Waals surface area contributed by atoms with E-state index >= 15 is 0 Å². The van der Waals surface area contributed by atoms with E-state index in [0.717, 1.165) is 0 Å². The van der Waals surface area contributed by atoms with Crippen molar-refractivity contribution in [1.29, 1.82) is 0 Å². The Kier molecular flexibility index (Phi) is 4.54. The Bertz CT molecular complexity index is 372. The van der Waals surface area contributed by atoms with Crippen molar-refractivity contribution in [3.63, 3.8) is 0 Å². The fourth-order valence-electron chi connectivity index (χ4n) is 1.21. The normalized spacial score (nSPS) is 12.3. The van der Waals surface area contributed by atoms with Gasteiger partial charge in [0, 0.05) is 5.02 Å². The Balaban J connectivity index is 2.82. The van der Waals surface area contributed by atoms with Crippen LogP contribution < -0.4 is 5.32 Å². The van der Waals surface area contributed by atoms with Crippen LogP contribution >= 0.6 is 27.5 Å². The molecule has 1 rings (SSSR count). The average Bonchev–Trinajstić information content (AvgIpc) is 2.17. The van der Waals surface area contributed by atoms with Crippen LogP contribution in [0.5, 0.6) is 0 Å². The van der Waals surface area contributed by atoms with Crippen molar-refractivity contribution >= 4 is 33.4 Å². The smallest absolute Gasteiger partial charge is 0.231 e. The van der Waals surface area contributed by atoms with Crippen molar-refractivity contribution in [3.05, 3.63) is 34.6 Å². The molecule has 0 aliphatic carbocycles. The Morgan fingerprint density at radius 2 is 2.33 bits per heavy atom. The molecule has 0 aliphatic heterocycles. The summed E-state index contributed by atoms with van der Waals surface area (Å²) in [5, 5.41) is 3.26. The number of hydrogen-bond donors (Lipinski definition) is 1. The van der Waals surface area contributed by atoms with E-state index in [2.05, 4.69) is 21.2 Å². The number of halogens is 3. The van der Waals surface area contributed by atoms with Crippen molar-refractivity contribution < 1.29 is 9.18 Å². The van der Waals surface area contributed by atoms with Crippen LogP contribution in [-0.4, -0.2) is 11.2 Å². The molecule has 1 amide bonds. The molecule has 82 valence electrons. The van der Waals surface area contributed by atoms with E-state index in [1.807, 2.05) is 0 Å². The van der Waals surface area contributed by atoms with Crippen LogP contribution in [0, 0.1) is 5.82 Å². The summed E-state index contributed by atoms with van der Waals surface area (Å²) in [6.07, 6.45) is 0. The summed E-state index contributed by atoms with van der Waals surface area (Å²) in [4.78, 5) is 11.1. The maximum Gasteiger partial charge on any atom is 0.231 e. The number of benzene rings is 1. The third-order valence-corrected chi connectivity index (χ3v) is 2.76. The monoisotopic (exact) mass is 293 g/mol. The summed E-state index contributed by atoms with van der Waals surface area (Å²) in [5.74, 6) is -0.523. The van der Waals surface area contributed by atoms with Crippen LogP contribution in [0.2, 0.25) is 5.02 Å². The molecule has 0 saturated carbocycles. The third kappa shape index (κ3) is 3.47. The Morgan fingerprint density at radius 3 is 2.87 bits per heavy atom. The lowest BCUT2D eigenvalue weighted by molar-refractivity contribution is -0.119. The van der Waals surface area contributed by atoms with Gasteiger partial charge in [-0.25, -0.2) is 4.39 Å². The van der Waals surface area contributed by atoms with Crippen LogP contribution in [0.4, 0.5) is 4.39 Å². The predicted molar refractivity (Wildman–Crippen MR) is 61.8 cm³/mol. The third-order valence-electron chi connectivity index (χ3n) is 1.93. The zero-order valence-electron chi connectivity index (χ0n) is 8.06. The molecule has 1 unspecified atom stereocenters. The van der Waals surface area contributed by atoms with Gasteiger partial charge in [0.15, 0.2) is 0 Å². The SMILES string of the molecule is CC(NC(=O)CBr)c1ccc(F)cc1Cl. The summed E-state index contributed by atoms with van der Waals surface area (Å²) < 4.78 is 12.8. The Morgan fingerprint density at radius 1 is 1.67 bits per heavy atom. The lowest BCUT2D eigenvalue weighted by Gasteiger charge is -2.14. The molecule has 0 aromatic heterocycles. The molecule has 0 fully saturated rings. The molecule has 0 heterocycles. The summed E-state index contributed by atoms with van der Waals surface area (Å²) in [6, 6.07) is 3.88. The van der Waals surface area contributed by atoms with Gasteiger partial charge in [-0.15, -0.1) is 0 Å². The highest BCUT2D eigenvalue weighted by atomic mass is 79.9. The number of carbonyl (C=O) groups is 1. The second-order valence-corrected chi connectivity index (χ2v) is 4.06. The number of carbonyl (C=O) groups excluding carboxylic acids is 1. The summed E-state index contributed by atoms with van der Waals surface area (Å²) in [5.41, 5.74) is 0.701. The molecule has 0 spiro atoms. The minimum Gasteiger partial charge on any atom is -0.349 e. The number of hydrogen-bond acceptors (Lipinski definition) is 1. The first-order valence-electron chi connectivity index (χ1n) is 4.35. The largest absolute Gasteiger partial charge is 0.349 e. The van der Waals surface area contributed by atoms with Gasteiger partial charge in [-0.1, -0.05) is 33.6 Å². The number of rotatable bonds is 3. The van der Waals surface area contributed by atoms with Gasteiger partial charge in [0.2, 0.25) is 5.91 Å². The molecule has 0 radical (unpaired) electrons. The lowest BCUT2D eigenvalue weighted by atomic mass is 10.1. The molecular formula is C10H10BrClFNO. The topological polar surface area (TPSA) is 29.1 Å². The minimum absolute atomic E-state index is 0.136. The molecule has 1 aromatic rings. The number of nitrogens with one attached hydrogen (secondary N) is 1. The second-order valence-electron chi connectivity index (χ2n) is 3.09. The first kappa shape index (κ1) is 12.5. The van der Waals surface area contributed by atoms with Gasteiger partial charge >= 0.3 is 0 Å². The van der Waals surface area contributed by atoms with Crippen LogP contribution in [0.1, 0.15) is 18.5 Å². The van der Waals surface area contributed by atoms with Crippen LogP contribution in [-0.2, 0) is 4.79 Å². The molecule has 0 saturated heterocycles. The van der Waals surface area contributed by atoms with E-state index in [1.54, 1.807) is 13.0 Å². The van der Waals surface area contributed by atoms with E-state index < -0.39 is 0 Å². The maximum atomic E-state index is 12.8. The van der Waals surface area contributed by atoms with Crippen LogP contribution in [0.15, 0.2) is 18.2 Å². The highest BCUT2D eigenvalue weighted by Crippen LogP contribution is 2.23.